The number of alkyl halides is 1. The van der Waals surface area contributed by atoms with E-state index in [4.69, 9.17) is 16.3 Å². The number of rotatable bonds is 3. The number of likely N-dealkylation sites (tertiary alicyclic amines) is 1. The highest BCUT2D eigenvalue weighted by Crippen LogP contribution is 2.33. The minimum Gasteiger partial charge on any atom is -0.479 e. The van der Waals surface area contributed by atoms with Gasteiger partial charge in [0.15, 0.2) is 11.2 Å². The maximum Gasteiger partial charge on any atom is 0.245 e. The summed E-state index contributed by atoms with van der Waals surface area (Å²) in [6, 6.07) is -0.323. The molecule has 1 aliphatic heterocycles. The van der Waals surface area contributed by atoms with Gasteiger partial charge in [-0.05, 0) is 13.3 Å². The first-order valence-corrected chi connectivity index (χ1v) is 7.14. The van der Waals surface area contributed by atoms with Crippen LogP contribution in [-0.4, -0.2) is 51.0 Å². The monoisotopic (exact) mass is 309 g/mol. The van der Waals surface area contributed by atoms with Crippen molar-refractivity contribution < 1.29 is 9.53 Å². The lowest BCUT2D eigenvalue weighted by atomic mass is 10.2. The van der Waals surface area contributed by atoms with Gasteiger partial charge in [-0.1, -0.05) is 0 Å². The van der Waals surface area contributed by atoms with Crippen molar-refractivity contribution in [1.82, 2.24) is 24.4 Å². The molecule has 1 amide bonds. The normalized spacial score (nSPS) is 20.3. The van der Waals surface area contributed by atoms with Gasteiger partial charge in [0, 0.05) is 13.6 Å². The highest BCUT2D eigenvalue weighted by atomic mass is 35.5. The Morgan fingerprint density at radius 3 is 2.81 bits per heavy atom. The number of imidazole rings is 1. The molecule has 3 rings (SSSR count). The molecule has 3 heterocycles. The lowest BCUT2D eigenvalue weighted by molar-refractivity contribution is -0.129. The van der Waals surface area contributed by atoms with Crippen molar-refractivity contribution in [2.45, 2.75) is 24.8 Å². The lowest BCUT2D eigenvalue weighted by Crippen LogP contribution is -2.25. The smallest absolute Gasteiger partial charge is 0.245 e. The van der Waals surface area contributed by atoms with Crippen LogP contribution in [-0.2, 0) is 4.79 Å². The molecule has 112 valence electrons. The number of hydrogen-bond acceptors (Lipinski definition) is 5. The van der Waals surface area contributed by atoms with E-state index >= 15 is 0 Å². The first-order valence-electron chi connectivity index (χ1n) is 6.70. The van der Waals surface area contributed by atoms with E-state index < -0.39 is 0 Å². The van der Waals surface area contributed by atoms with Crippen LogP contribution in [0.1, 0.15) is 30.6 Å². The van der Waals surface area contributed by atoms with Gasteiger partial charge in [-0.15, -0.1) is 11.6 Å². The Hall–Kier alpha value is -1.89. The number of fused-ring (bicyclic) bond motifs is 1. The Bertz CT molecular complexity index is 699. The molecule has 7 nitrogen and oxygen atoms in total. The van der Waals surface area contributed by atoms with Gasteiger partial charge in [-0.2, -0.15) is 4.98 Å². The number of ether oxygens (including phenoxy) is 1. The largest absolute Gasteiger partial charge is 0.479 e. The Labute approximate surface area is 126 Å². The van der Waals surface area contributed by atoms with Crippen LogP contribution in [0.4, 0.5) is 0 Å². The molecule has 2 aromatic heterocycles. The van der Waals surface area contributed by atoms with E-state index in [9.17, 15) is 4.79 Å². The third kappa shape index (κ3) is 2.12. The molecular formula is C13H16ClN5O2. The lowest BCUT2D eigenvalue weighted by Gasteiger charge is -2.16. The quantitative estimate of drug-likeness (QED) is 0.804. The van der Waals surface area contributed by atoms with Crippen LogP contribution in [0.3, 0.4) is 0 Å². The van der Waals surface area contributed by atoms with Crippen molar-refractivity contribution in [2.24, 2.45) is 0 Å². The maximum atomic E-state index is 12.3. The molecule has 1 aliphatic rings. The summed E-state index contributed by atoms with van der Waals surface area (Å²) >= 11 is 6.24. The summed E-state index contributed by atoms with van der Waals surface area (Å²) in [5, 5.41) is -0.345. The Morgan fingerprint density at radius 1 is 1.48 bits per heavy atom. The van der Waals surface area contributed by atoms with E-state index in [1.54, 1.807) is 11.9 Å². The Kier molecular flexibility index (Phi) is 3.44. The minimum absolute atomic E-state index is 0.0467. The van der Waals surface area contributed by atoms with Gasteiger partial charge in [0.2, 0.25) is 11.8 Å². The number of aromatic nitrogens is 4. The maximum absolute atomic E-state index is 12.3. The predicted molar refractivity (Wildman–Crippen MR) is 77.4 cm³/mol. The molecule has 0 saturated carbocycles. The van der Waals surface area contributed by atoms with Crippen LogP contribution in [0, 0.1) is 0 Å². The second-order valence-electron chi connectivity index (χ2n) is 5.08. The summed E-state index contributed by atoms with van der Waals surface area (Å²) in [6.07, 6.45) is 2.12. The number of nitrogens with zero attached hydrogens (tertiary/aromatic N) is 5. The molecule has 0 aromatic carbocycles. The van der Waals surface area contributed by atoms with Crippen molar-refractivity contribution in [3.8, 4) is 5.88 Å². The zero-order valence-corrected chi connectivity index (χ0v) is 12.8. The highest BCUT2D eigenvalue weighted by Gasteiger charge is 2.35. The number of methoxy groups -OCH3 is 1. The summed E-state index contributed by atoms with van der Waals surface area (Å²) in [5.41, 5.74) is 1.11. The zero-order valence-electron chi connectivity index (χ0n) is 12.1. The van der Waals surface area contributed by atoms with E-state index in [0.29, 0.717) is 35.8 Å². The Balaban J connectivity index is 2.24. The molecule has 0 bridgehead atoms. The van der Waals surface area contributed by atoms with Gasteiger partial charge in [0.25, 0.3) is 0 Å². The molecule has 8 heteroatoms. The second-order valence-corrected chi connectivity index (χ2v) is 5.73. The molecule has 21 heavy (non-hydrogen) atoms. The fraction of sp³-hybridized carbons (Fsp3) is 0.538. The number of carbonyl (C=O) groups excluding carboxylic acids is 1. The van der Waals surface area contributed by atoms with Gasteiger partial charge < -0.3 is 9.64 Å². The molecule has 0 N–H and O–H groups in total. The summed E-state index contributed by atoms with van der Waals surface area (Å²) < 4.78 is 7.04. The van der Waals surface area contributed by atoms with Crippen LogP contribution in [0.15, 0.2) is 6.33 Å². The number of carbonyl (C=O) groups is 1. The Morgan fingerprint density at radius 2 is 2.24 bits per heavy atom. The molecule has 2 unspecified atom stereocenters. The van der Waals surface area contributed by atoms with Crippen LogP contribution in [0.25, 0.3) is 11.2 Å². The molecule has 0 radical (unpaired) electrons. The molecule has 2 atom stereocenters. The van der Waals surface area contributed by atoms with Crippen molar-refractivity contribution in [2.75, 3.05) is 20.7 Å². The SMILES string of the molecule is COc1ncnc2c1nc(C(C)Cl)n2C1CCN(C)C1=O. The molecule has 0 aliphatic carbocycles. The predicted octanol–water partition coefficient (Wildman–Crippen LogP) is 1.54. The van der Waals surface area contributed by atoms with Crippen LogP contribution in [0.5, 0.6) is 5.88 Å². The summed E-state index contributed by atoms with van der Waals surface area (Å²) in [6.45, 7) is 2.53. The summed E-state index contributed by atoms with van der Waals surface area (Å²) in [5.74, 6) is 1.04. The average molecular weight is 310 g/mol. The minimum atomic E-state index is -0.345. The summed E-state index contributed by atoms with van der Waals surface area (Å²) in [4.78, 5) is 26.9. The van der Waals surface area contributed by atoms with E-state index in [0.717, 1.165) is 0 Å². The first-order chi connectivity index (χ1) is 10.0. The average Bonchev–Trinajstić information content (AvgIpc) is 3.00. The summed E-state index contributed by atoms with van der Waals surface area (Å²) in [7, 11) is 3.32. The van der Waals surface area contributed by atoms with Crippen molar-refractivity contribution in [3.05, 3.63) is 12.2 Å². The van der Waals surface area contributed by atoms with E-state index in [-0.39, 0.29) is 17.3 Å². The number of halogens is 1. The fourth-order valence-electron chi connectivity index (χ4n) is 2.69. The second kappa shape index (κ2) is 5.14. The van der Waals surface area contributed by atoms with E-state index in [1.165, 1.54) is 13.4 Å². The van der Waals surface area contributed by atoms with Gasteiger partial charge in [0.1, 0.15) is 18.2 Å². The van der Waals surface area contributed by atoms with Crippen LogP contribution >= 0.6 is 11.6 Å². The van der Waals surface area contributed by atoms with Crippen molar-refractivity contribution in [3.63, 3.8) is 0 Å². The number of hydrogen-bond donors (Lipinski definition) is 0. The van der Waals surface area contributed by atoms with Gasteiger partial charge in [-0.3, -0.25) is 9.36 Å². The van der Waals surface area contributed by atoms with E-state index in [1.807, 2.05) is 11.5 Å². The zero-order chi connectivity index (χ0) is 15.1. The third-order valence-corrected chi connectivity index (χ3v) is 3.93. The van der Waals surface area contributed by atoms with Gasteiger partial charge in [-0.25, -0.2) is 9.97 Å². The third-order valence-electron chi connectivity index (χ3n) is 3.73. The topological polar surface area (TPSA) is 73.1 Å². The fourth-order valence-corrected chi connectivity index (χ4v) is 2.84. The van der Waals surface area contributed by atoms with E-state index in [2.05, 4.69) is 15.0 Å². The van der Waals surface area contributed by atoms with Crippen LogP contribution in [0.2, 0.25) is 0 Å². The molecular weight excluding hydrogens is 294 g/mol. The number of likely N-dealkylation sites (N-methyl/N-ethyl adjacent to an activating group) is 1. The standard InChI is InChI=1S/C13H16ClN5O2/c1-7(14)10-17-9-11(15-6-16-12(9)21-3)19(10)8-4-5-18(2)13(8)20/h6-8H,4-5H2,1-3H3. The highest BCUT2D eigenvalue weighted by molar-refractivity contribution is 6.20. The first kappa shape index (κ1) is 14.1. The van der Waals surface area contributed by atoms with Crippen molar-refractivity contribution in [1.29, 1.82) is 0 Å². The molecule has 2 aromatic rings. The van der Waals surface area contributed by atoms with Crippen molar-refractivity contribution >= 4 is 28.7 Å². The number of amides is 1. The molecule has 0 spiro atoms. The molecule has 1 fully saturated rings. The van der Waals surface area contributed by atoms with Crippen LogP contribution < -0.4 is 4.74 Å². The van der Waals surface area contributed by atoms with Gasteiger partial charge >= 0.3 is 0 Å². The molecule has 1 saturated heterocycles. The van der Waals surface area contributed by atoms with Gasteiger partial charge in [0.05, 0.1) is 12.5 Å².